The van der Waals surface area contributed by atoms with Crippen LogP contribution >= 0.6 is 11.6 Å². The van der Waals surface area contributed by atoms with Crippen molar-refractivity contribution in [1.82, 2.24) is 0 Å². The highest BCUT2D eigenvalue weighted by Crippen LogP contribution is 2.07. The summed E-state index contributed by atoms with van der Waals surface area (Å²) in [6.07, 6.45) is 0. The Morgan fingerprint density at radius 1 is 1.75 bits per heavy atom. The topological polar surface area (TPSA) is 46.5 Å². The highest BCUT2D eigenvalue weighted by atomic mass is 35.5. The van der Waals surface area contributed by atoms with Crippen LogP contribution in [-0.2, 0) is 9.53 Å². The summed E-state index contributed by atoms with van der Waals surface area (Å²) in [4.78, 5) is 10.8. The second kappa shape index (κ2) is 4.48. The van der Waals surface area contributed by atoms with Gasteiger partial charge in [-0.1, -0.05) is 6.58 Å². The Hall–Kier alpha value is -0.540. The summed E-state index contributed by atoms with van der Waals surface area (Å²) in [5.74, 6) is -0.489. The molecule has 1 unspecified atom stereocenters. The first-order valence-corrected chi connectivity index (χ1v) is 4.03. The standard InChI is InChI=1S/C8H13ClO3/c1-6(2)7(10)12-5-8(3,11)4-9/h11H,1,4-5H2,2-3H3. The molecule has 0 aromatic heterocycles. The SMILES string of the molecule is C=C(C)C(=O)OCC(C)(O)CCl. The minimum absolute atomic E-state index is 0.0243. The first-order chi connectivity index (χ1) is 5.39. The number of carbonyl (C=O) groups excluding carboxylic acids is 1. The van der Waals surface area contributed by atoms with E-state index in [0.717, 1.165) is 0 Å². The summed E-state index contributed by atoms with van der Waals surface area (Å²) in [7, 11) is 0. The van der Waals surface area contributed by atoms with Gasteiger partial charge < -0.3 is 9.84 Å². The van der Waals surface area contributed by atoms with Gasteiger partial charge >= 0.3 is 5.97 Å². The molecular formula is C8H13ClO3. The lowest BCUT2D eigenvalue weighted by atomic mass is 10.1. The van der Waals surface area contributed by atoms with Crippen molar-refractivity contribution < 1.29 is 14.6 Å². The zero-order valence-corrected chi connectivity index (χ0v) is 8.02. The van der Waals surface area contributed by atoms with Crippen molar-refractivity contribution in [1.29, 1.82) is 0 Å². The van der Waals surface area contributed by atoms with Crippen LogP contribution in [0.3, 0.4) is 0 Å². The van der Waals surface area contributed by atoms with Gasteiger partial charge in [-0.05, 0) is 13.8 Å². The predicted molar refractivity (Wildman–Crippen MR) is 47.1 cm³/mol. The van der Waals surface area contributed by atoms with Gasteiger partial charge in [-0.2, -0.15) is 0 Å². The van der Waals surface area contributed by atoms with Crippen LogP contribution in [0.4, 0.5) is 0 Å². The molecule has 0 aliphatic carbocycles. The summed E-state index contributed by atoms with van der Waals surface area (Å²) in [6, 6.07) is 0. The average Bonchev–Trinajstić information content (AvgIpc) is 2.00. The van der Waals surface area contributed by atoms with Gasteiger partial charge in [-0.15, -0.1) is 11.6 Å². The Bertz CT molecular complexity index is 187. The summed E-state index contributed by atoms with van der Waals surface area (Å²) >= 11 is 5.39. The lowest BCUT2D eigenvalue weighted by Crippen LogP contribution is -2.33. The summed E-state index contributed by atoms with van der Waals surface area (Å²) < 4.78 is 4.69. The van der Waals surface area contributed by atoms with E-state index >= 15 is 0 Å². The molecule has 0 aliphatic rings. The highest BCUT2D eigenvalue weighted by molar-refractivity contribution is 6.18. The molecule has 0 rings (SSSR count). The molecule has 70 valence electrons. The lowest BCUT2D eigenvalue weighted by Gasteiger charge is -2.19. The van der Waals surface area contributed by atoms with Crippen molar-refractivity contribution in [2.24, 2.45) is 0 Å². The number of alkyl halides is 1. The molecule has 3 nitrogen and oxygen atoms in total. The molecule has 0 aromatic carbocycles. The number of ether oxygens (including phenoxy) is 1. The molecule has 0 saturated carbocycles. The van der Waals surface area contributed by atoms with E-state index in [2.05, 4.69) is 11.3 Å². The van der Waals surface area contributed by atoms with Crippen molar-refractivity contribution in [3.63, 3.8) is 0 Å². The number of hydrogen-bond acceptors (Lipinski definition) is 3. The fourth-order valence-corrected chi connectivity index (χ4v) is 0.460. The quantitative estimate of drug-likeness (QED) is 0.412. The Labute approximate surface area is 77.0 Å². The van der Waals surface area contributed by atoms with E-state index in [0.29, 0.717) is 5.57 Å². The Morgan fingerprint density at radius 3 is 2.58 bits per heavy atom. The monoisotopic (exact) mass is 192 g/mol. The fourth-order valence-electron chi connectivity index (χ4n) is 0.383. The van der Waals surface area contributed by atoms with E-state index in [1.165, 1.54) is 13.8 Å². The lowest BCUT2D eigenvalue weighted by molar-refractivity contribution is -0.144. The van der Waals surface area contributed by atoms with Crippen molar-refractivity contribution in [2.75, 3.05) is 12.5 Å². The molecular weight excluding hydrogens is 180 g/mol. The highest BCUT2D eigenvalue weighted by Gasteiger charge is 2.21. The zero-order chi connectivity index (χ0) is 9.78. The van der Waals surface area contributed by atoms with Crippen LogP contribution in [0.15, 0.2) is 12.2 Å². The molecule has 1 N–H and O–H groups in total. The molecule has 1 atom stereocenters. The summed E-state index contributed by atoms with van der Waals surface area (Å²) in [5, 5.41) is 9.32. The van der Waals surface area contributed by atoms with Gasteiger partial charge in [0, 0.05) is 5.57 Å². The average molecular weight is 193 g/mol. The maximum Gasteiger partial charge on any atom is 0.333 e. The minimum Gasteiger partial charge on any atom is -0.459 e. The summed E-state index contributed by atoms with van der Waals surface area (Å²) in [5.41, 5.74) is -0.854. The van der Waals surface area contributed by atoms with Crippen molar-refractivity contribution in [3.8, 4) is 0 Å². The second-order valence-electron chi connectivity index (χ2n) is 2.99. The molecule has 12 heavy (non-hydrogen) atoms. The van der Waals surface area contributed by atoms with Crippen molar-refractivity contribution in [2.45, 2.75) is 19.4 Å². The number of esters is 1. The van der Waals surface area contributed by atoms with Crippen molar-refractivity contribution in [3.05, 3.63) is 12.2 Å². The number of halogens is 1. The Balaban J connectivity index is 3.83. The Morgan fingerprint density at radius 2 is 2.25 bits per heavy atom. The van der Waals surface area contributed by atoms with Crippen LogP contribution in [0.2, 0.25) is 0 Å². The zero-order valence-electron chi connectivity index (χ0n) is 7.26. The molecule has 0 fully saturated rings. The molecule has 0 aliphatic heterocycles. The van der Waals surface area contributed by atoms with E-state index in [1.54, 1.807) is 0 Å². The van der Waals surface area contributed by atoms with Crippen LogP contribution in [0.1, 0.15) is 13.8 Å². The van der Waals surface area contributed by atoms with Crippen molar-refractivity contribution >= 4 is 17.6 Å². The van der Waals surface area contributed by atoms with Crippen LogP contribution in [0.5, 0.6) is 0 Å². The normalized spacial score (nSPS) is 15.0. The first kappa shape index (κ1) is 11.5. The van der Waals surface area contributed by atoms with E-state index < -0.39 is 11.6 Å². The Kier molecular flexibility index (Phi) is 4.28. The number of carbonyl (C=O) groups is 1. The van der Waals surface area contributed by atoms with Gasteiger partial charge in [0.1, 0.15) is 12.2 Å². The predicted octanol–water partition coefficient (Wildman–Crippen LogP) is 1.10. The fraction of sp³-hybridized carbons (Fsp3) is 0.625. The van der Waals surface area contributed by atoms with Gasteiger partial charge in [0.25, 0.3) is 0 Å². The van der Waals surface area contributed by atoms with Gasteiger partial charge in [0.2, 0.25) is 0 Å². The van der Waals surface area contributed by atoms with E-state index in [1.807, 2.05) is 0 Å². The number of hydrogen-bond donors (Lipinski definition) is 1. The number of rotatable bonds is 4. The third kappa shape index (κ3) is 4.36. The smallest absolute Gasteiger partial charge is 0.333 e. The maximum atomic E-state index is 10.8. The maximum absolute atomic E-state index is 10.8. The largest absolute Gasteiger partial charge is 0.459 e. The van der Waals surface area contributed by atoms with E-state index in [9.17, 15) is 9.90 Å². The van der Waals surface area contributed by atoms with Gasteiger partial charge in [-0.3, -0.25) is 0 Å². The van der Waals surface area contributed by atoms with Crippen LogP contribution in [-0.4, -0.2) is 29.2 Å². The van der Waals surface area contributed by atoms with E-state index in [4.69, 9.17) is 11.6 Å². The first-order valence-electron chi connectivity index (χ1n) is 3.50. The van der Waals surface area contributed by atoms with Crippen LogP contribution in [0.25, 0.3) is 0 Å². The second-order valence-corrected chi connectivity index (χ2v) is 3.25. The summed E-state index contributed by atoms with van der Waals surface area (Å²) in [6.45, 7) is 6.31. The molecule has 0 radical (unpaired) electrons. The molecule has 4 heteroatoms. The number of aliphatic hydroxyl groups is 1. The van der Waals surface area contributed by atoms with Gasteiger partial charge in [0.05, 0.1) is 5.88 Å². The molecule has 0 aromatic rings. The van der Waals surface area contributed by atoms with E-state index in [-0.39, 0.29) is 12.5 Å². The minimum atomic E-state index is -1.16. The third-order valence-electron chi connectivity index (χ3n) is 1.15. The van der Waals surface area contributed by atoms with Gasteiger partial charge in [-0.25, -0.2) is 4.79 Å². The molecule has 0 spiro atoms. The van der Waals surface area contributed by atoms with Crippen LogP contribution < -0.4 is 0 Å². The molecule has 0 saturated heterocycles. The van der Waals surface area contributed by atoms with Gasteiger partial charge in [0.15, 0.2) is 0 Å². The third-order valence-corrected chi connectivity index (χ3v) is 1.73. The molecule has 0 amide bonds. The molecule has 0 heterocycles. The van der Waals surface area contributed by atoms with Crippen LogP contribution in [0, 0.1) is 0 Å². The molecule has 0 bridgehead atoms.